The van der Waals surface area contributed by atoms with Gasteiger partial charge >= 0.3 is 0 Å². The van der Waals surface area contributed by atoms with Gasteiger partial charge in [-0.2, -0.15) is 4.83 Å². The van der Waals surface area contributed by atoms with Gasteiger partial charge in [-0.15, -0.1) is 0 Å². The van der Waals surface area contributed by atoms with E-state index in [1.54, 1.807) is 0 Å². The van der Waals surface area contributed by atoms with E-state index < -0.39 is 0 Å². The molecule has 0 unspecified atom stereocenters. The Bertz CT molecular complexity index is 205. The van der Waals surface area contributed by atoms with E-state index in [2.05, 4.69) is 9.73 Å². The van der Waals surface area contributed by atoms with Crippen molar-refractivity contribution in [1.29, 1.82) is 0 Å². The summed E-state index contributed by atoms with van der Waals surface area (Å²) < 4.78 is 5.26. The van der Waals surface area contributed by atoms with Gasteiger partial charge in [0.05, 0.1) is 19.9 Å². The minimum absolute atomic E-state index is 0.788. The van der Waals surface area contributed by atoms with E-state index in [0.717, 1.165) is 38.8 Å². The van der Waals surface area contributed by atoms with Crippen LogP contribution in [0, 0.1) is 0 Å². The van der Waals surface area contributed by atoms with Crippen molar-refractivity contribution >= 4 is 11.9 Å². The minimum Gasteiger partial charge on any atom is -0.384 e. The maximum atomic E-state index is 5.74. The van der Waals surface area contributed by atoms with Gasteiger partial charge in [0.2, 0.25) is 0 Å². The first-order chi connectivity index (χ1) is 6.36. The molecule has 0 aromatic rings. The molecular formula is C7H14N4OS. The molecule has 5 nitrogen and oxygen atoms in total. The van der Waals surface area contributed by atoms with Gasteiger partial charge in [-0.3, -0.25) is 9.91 Å². The molecule has 0 aromatic carbocycles. The lowest BCUT2D eigenvalue weighted by Crippen LogP contribution is -2.46. The summed E-state index contributed by atoms with van der Waals surface area (Å²) in [5.74, 6) is 0.788. The van der Waals surface area contributed by atoms with Crippen LogP contribution in [0.5, 0.6) is 0 Å². The highest BCUT2D eigenvalue weighted by atomic mass is 32.2. The number of nitrogens with one attached hydrogen (secondary N) is 1. The Morgan fingerprint density at radius 1 is 1.54 bits per heavy atom. The standard InChI is InChI=1S/C7H14N4OS/c8-7-5-13-9-11(7)6-10-1-3-12-4-2-10/h5,9H,1-4,6,8H2. The molecule has 2 heterocycles. The summed E-state index contributed by atoms with van der Waals surface area (Å²) in [7, 11) is 0. The van der Waals surface area contributed by atoms with E-state index in [1.807, 2.05) is 10.4 Å². The summed E-state index contributed by atoms with van der Waals surface area (Å²) in [5, 5.41) is 3.84. The van der Waals surface area contributed by atoms with Crippen LogP contribution in [0.1, 0.15) is 0 Å². The molecule has 2 aliphatic rings. The van der Waals surface area contributed by atoms with Crippen LogP contribution in [0.4, 0.5) is 0 Å². The quantitative estimate of drug-likeness (QED) is 0.589. The molecule has 6 heteroatoms. The average molecular weight is 202 g/mol. The van der Waals surface area contributed by atoms with Crippen LogP contribution in [0.25, 0.3) is 0 Å². The summed E-state index contributed by atoms with van der Waals surface area (Å²) in [4.78, 5) is 5.41. The number of morpholine rings is 1. The molecule has 0 aliphatic carbocycles. The Labute approximate surface area is 82.0 Å². The Balaban J connectivity index is 1.79. The zero-order valence-electron chi connectivity index (χ0n) is 7.40. The zero-order valence-corrected chi connectivity index (χ0v) is 8.22. The van der Waals surface area contributed by atoms with Crippen molar-refractivity contribution in [3.8, 4) is 0 Å². The zero-order chi connectivity index (χ0) is 9.10. The minimum atomic E-state index is 0.788. The molecule has 2 rings (SSSR count). The summed E-state index contributed by atoms with van der Waals surface area (Å²) in [6.07, 6.45) is 0. The molecule has 13 heavy (non-hydrogen) atoms. The highest BCUT2D eigenvalue weighted by Gasteiger charge is 2.17. The second-order valence-corrected chi connectivity index (χ2v) is 3.71. The summed E-state index contributed by atoms with van der Waals surface area (Å²) in [6.45, 7) is 4.44. The molecule has 0 aromatic heterocycles. The number of hydrogen-bond donors (Lipinski definition) is 2. The van der Waals surface area contributed by atoms with Crippen molar-refractivity contribution in [2.45, 2.75) is 0 Å². The van der Waals surface area contributed by atoms with Crippen LogP contribution in [-0.2, 0) is 4.74 Å². The molecule has 1 fully saturated rings. The first-order valence-electron chi connectivity index (χ1n) is 4.31. The Morgan fingerprint density at radius 2 is 2.31 bits per heavy atom. The number of nitrogens with zero attached hydrogens (tertiary/aromatic N) is 2. The molecule has 0 saturated carbocycles. The molecular weight excluding hydrogens is 188 g/mol. The first-order valence-corrected chi connectivity index (χ1v) is 5.19. The van der Waals surface area contributed by atoms with Crippen molar-refractivity contribution in [1.82, 2.24) is 14.7 Å². The van der Waals surface area contributed by atoms with Gasteiger partial charge in [-0.1, -0.05) is 0 Å². The molecule has 0 spiro atoms. The maximum Gasteiger partial charge on any atom is 0.123 e. The van der Waals surface area contributed by atoms with Crippen LogP contribution in [-0.4, -0.2) is 42.9 Å². The van der Waals surface area contributed by atoms with Gasteiger partial charge in [0.1, 0.15) is 5.82 Å². The second kappa shape index (κ2) is 4.19. The fraction of sp³-hybridized carbons (Fsp3) is 0.714. The molecule has 0 atom stereocenters. The average Bonchev–Trinajstić information content (AvgIpc) is 2.54. The van der Waals surface area contributed by atoms with E-state index >= 15 is 0 Å². The summed E-state index contributed by atoms with van der Waals surface area (Å²) >= 11 is 1.51. The van der Waals surface area contributed by atoms with Crippen LogP contribution < -0.4 is 10.6 Å². The Kier molecular flexibility index (Phi) is 2.94. The second-order valence-electron chi connectivity index (χ2n) is 3.05. The van der Waals surface area contributed by atoms with Gasteiger partial charge in [0.15, 0.2) is 0 Å². The molecule has 1 saturated heterocycles. The van der Waals surface area contributed by atoms with Gasteiger partial charge in [-0.05, 0) is 11.9 Å². The predicted octanol–water partition coefficient (Wildman–Crippen LogP) is -0.498. The highest BCUT2D eigenvalue weighted by molar-refractivity contribution is 8.00. The molecule has 3 N–H and O–H groups in total. The lowest BCUT2D eigenvalue weighted by Gasteiger charge is -2.31. The first kappa shape index (κ1) is 9.14. The van der Waals surface area contributed by atoms with Crippen molar-refractivity contribution in [3.05, 3.63) is 11.2 Å². The van der Waals surface area contributed by atoms with E-state index in [9.17, 15) is 0 Å². The maximum absolute atomic E-state index is 5.74. The Hall–Kier alpha value is -0.430. The van der Waals surface area contributed by atoms with E-state index in [-0.39, 0.29) is 0 Å². The van der Waals surface area contributed by atoms with E-state index in [0.29, 0.717) is 0 Å². The van der Waals surface area contributed by atoms with Crippen molar-refractivity contribution in [2.24, 2.45) is 5.73 Å². The van der Waals surface area contributed by atoms with Crippen molar-refractivity contribution < 1.29 is 4.74 Å². The van der Waals surface area contributed by atoms with Crippen molar-refractivity contribution in [3.63, 3.8) is 0 Å². The third kappa shape index (κ3) is 2.28. The molecule has 2 aliphatic heterocycles. The molecule has 0 radical (unpaired) electrons. The smallest absolute Gasteiger partial charge is 0.123 e. The summed E-state index contributed by atoms with van der Waals surface area (Å²) in [5.41, 5.74) is 5.74. The lowest BCUT2D eigenvalue weighted by molar-refractivity contribution is 0.0135. The Morgan fingerprint density at radius 3 is 2.92 bits per heavy atom. The van der Waals surface area contributed by atoms with Crippen LogP contribution in [0.3, 0.4) is 0 Å². The highest BCUT2D eigenvalue weighted by Crippen LogP contribution is 2.13. The molecule has 0 amide bonds. The number of hydrazine groups is 1. The monoisotopic (exact) mass is 202 g/mol. The van der Waals surface area contributed by atoms with Crippen LogP contribution in [0.15, 0.2) is 11.2 Å². The van der Waals surface area contributed by atoms with Gasteiger partial charge in [0, 0.05) is 18.5 Å². The molecule has 0 bridgehead atoms. The van der Waals surface area contributed by atoms with E-state index in [4.69, 9.17) is 10.5 Å². The third-order valence-corrected chi connectivity index (χ3v) is 2.78. The van der Waals surface area contributed by atoms with Crippen LogP contribution in [0.2, 0.25) is 0 Å². The fourth-order valence-corrected chi connectivity index (χ4v) is 1.91. The third-order valence-electron chi connectivity index (χ3n) is 2.10. The SMILES string of the molecule is NC1=CSNN1CN1CCOCC1. The normalized spacial score (nSPS) is 24.9. The van der Waals surface area contributed by atoms with Gasteiger partial charge in [0.25, 0.3) is 0 Å². The van der Waals surface area contributed by atoms with Gasteiger partial charge < -0.3 is 10.5 Å². The van der Waals surface area contributed by atoms with Crippen LogP contribution >= 0.6 is 11.9 Å². The largest absolute Gasteiger partial charge is 0.384 e. The lowest BCUT2D eigenvalue weighted by atomic mass is 10.4. The fourth-order valence-electron chi connectivity index (χ4n) is 1.32. The number of ether oxygens (including phenoxy) is 1. The topological polar surface area (TPSA) is 53.8 Å². The van der Waals surface area contributed by atoms with Gasteiger partial charge in [-0.25, -0.2) is 0 Å². The van der Waals surface area contributed by atoms with Crippen molar-refractivity contribution in [2.75, 3.05) is 33.0 Å². The number of hydrogen-bond acceptors (Lipinski definition) is 6. The summed E-state index contributed by atoms with van der Waals surface area (Å²) in [6, 6.07) is 0. The van der Waals surface area contributed by atoms with E-state index in [1.165, 1.54) is 11.9 Å². The predicted molar refractivity (Wildman–Crippen MR) is 52.1 cm³/mol. The number of rotatable bonds is 2. The number of nitrogens with two attached hydrogens (primary N) is 1. The molecule has 74 valence electrons.